The first-order chi connectivity index (χ1) is 16.9. The van der Waals surface area contributed by atoms with Crippen molar-refractivity contribution in [3.05, 3.63) is 58.1 Å². The van der Waals surface area contributed by atoms with Crippen molar-refractivity contribution in [1.82, 2.24) is 4.90 Å². The Kier molecular flexibility index (Phi) is 8.07. The van der Waals surface area contributed by atoms with Gasteiger partial charge in [-0.15, -0.1) is 0 Å². The van der Waals surface area contributed by atoms with E-state index >= 15 is 0 Å². The molecule has 35 heavy (non-hydrogen) atoms. The average Bonchev–Trinajstić information content (AvgIpc) is 2.88. The monoisotopic (exact) mass is 482 g/mol. The Morgan fingerprint density at radius 1 is 1.06 bits per heavy atom. The van der Waals surface area contributed by atoms with Crippen molar-refractivity contribution in [2.24, 2.45) is 0 Å². The molecule has 188 valence electrons. The highest BCUT2D eigenvalue weighted by molar-refractivity contribution is 5.77. The van der Waals surface area contributed by atoms with Crippen LogP contribution < -0.4 is 15.0 Å². The first-order valence-corrected chi connectivity index (χ1v) is 12.2. The fourth-order valence-corrected chi connectivity index (χ4v) is 4.78. The zero-order valence-corrected chi connectivity index (χ0v) is 20.4. The molecule has 0 unspecified atom stereocenters. The average molecular weight is 483 g/mol. The molecule has 1 N–H and O–H groups in total. The van der Waals surface area contributed by atoms with Gasteiger partial charge in [0.2, 0.25) is 5.91 Å². The summed E-state index contributed by atoms with van der Waals surface area (Å²) in [6.45, 7) is 5.31. The Hall–Kier alpha value is -3.33. The molecule has 1 aliphatic carbocycles. The molecule has 2 aromatic carbocycles. The minimum absolute atomic E-state index is 0.0450. The summed E-state index contributed by atoms with van der Waals surface area (Å²) < 4.78 is 11.1. The van der Waals surface area contributed by atoms with Crippen LogP contribution in [0.2, 0.25) is 0 Å². The van der Waals surface area contributed by atoms with E-state index in [2.05, 4.69) is 41.4 Å². The van der Waals surface area contributed by atoms with Gasteiger partial charge in [0.1, 0.15) is 6.61 Å². The van der Waals surface area contributed by atoms with Crippen molar-refractivity contribution in [1.29, 1.82) is 0 Å². The number of nitrogens with zero attached hydrogens (tertiary/aromatic N) is 3. The first kappa shape index (κ1) is 24.8. The number of methoxy groups -OCH3 is 1. The number of piperazine rings is 1. The van der Waals surface area contributed by atoms with E-state index in [1.54, 1.807) is 12.1 Å². The maximum absolute atomic E-state index is 12.7. The van der Waals surface area contributed by atoms with Crippen LogP contribution in [0.3, 0.4) is 0 Å². The SMILES string of the molecule is COc1cc(N[C@H]2CC[C@H](OCC(=O)N3CCN(c4ccc(C)cc4)CC3)CC2)ccc1[N+](=O)[O-]. The second-order valence-corrected chi connectivity index (χ2v) is 9.28. The van der Waals surface area contributed by atoms with Gasteiger partial charge in [-0.1, -0.05) is 17.7 Å². The lowest BCUT2D eigenvalue weighted by Crippen LogP contribution is -2.50. The molecule has 9 heteroatoms. The van der Waals surface area contributed by atoms with Crippen molar-refractivity contribution in [2.45, 2.75) is 44.8 Å². The summed E-state index contributed by atoms with van der Waals surface area (Å²) in [4.78, 5) is 27.5. The van der Waals surface area contributed by atoms with Gasteiger partial charge < -0.3 is 24.6 Å². The van der Waals surface area contributed by atoms with Gasteiger partial charge in [-0.05, 0) is 50.8 Å². The minimum atomic E-state index is -0.448. The zero-order chi connectivity index (χ0) is 24.8. The third-order valence-corrected chi connectivity index (χ3v) is 6.90. The topological polar surface area (TPSA) is 97.2 Å². The molecule has 2 aliphatic rings. The van der Waals surface area contributed by atoms with Crippen LogP contribution in [0.1, 0.15) is 31.2 Å². The number of nitrogens with one attached hydrogen (secondary N) is 1. The largest absolute Gasteiger partial charge is 0.490 e. The quantitative estimate of drug-likeness (QED) is 0.449. The summed E-state index contributed by atoms with van der Waals surface area (Å²) in [5, 5.41) is 14.5. The highest BCUT2D eigenvalue weighted by Gasteiger charge is 2.26. The molecule has 2 fully saturated rings. The molecule has 0 aromatic heterocycles. The van der Waals surface area contributed by atoms with E-state index < -0.39 is 4.92 Å². The highest BCUT2D eigenvalue weighted by Crippen LogP contribution is 2.31. The number of nitro groups is 1. The molecular weight excluding hydrogens is 448 g/mol. The number of hydrogen-bond donors (Lipinski definition) is 1. The van der Waals surface area contributed by atoms with Gasteiger partial charge in [-0.25, -0.2) is 0 Å². The van der Waals surface area contributed by atoms with Crippen molar-refractivity contribution >= 4 is 23.0 Å². The normalized spacial score (nSPS) is 20.4. The van der Waals surface area contributed by atoms with E-state index in [0.29, 0.717) is 13.1 Å². The summed E-state index contributed by atoms with van der Waals surface area (Å²) in [5.74, 6) is 0.307. The van der Waals surface area contributed by atoms with Crippen LogP contribution >= 0.6 is 0 Å². The highest BCUT2D eigenvalue weighted by atomic mass is 16.6. The summed E-state index contributed by atoms with van der Waals surface area (Å²) in [5.41, 5.74) is 3.21. The molecule has 1 heterocycles. The summed E-state index contributed by atoms with van der Waals surface area (Å²) in [6.07, 6.45) is 3.64. The lowest BCUT2D eigenvalue weighted by Gasteiger charge is -2.36. The number of amides is 1. The predicted octanol–water partition coefficient (Wildman–Crippen LogP) is 4.00. The van der Waals surface area contributed by atoms with Gasteiger partial charge in [-0.2, -0.15) is 0 Å². The van der Waals surface area contributed by atoms with Crippen molar-refractivity contribution in [3.8, 4) is 5.75 Å². The third kappa shape index (κ3) is 6.42. The smallest absolute Gasteiger partial charge is 0.311 e. The molecule has 1 saturated heterocycles. The van der Waals surface area contributed by atoms with Gasteiger partial charge in [0.15, 0.2) is 5.75 Å². The third-order valence-electron chi connectivity index (χ3n) is 6.90. The number of benzene rings is 2. The Morgan fingerprint density at radius 3 is 2.37 bits per heavy atom. The van der Waals surface area contributed by atoms with Crippen molar-refractivity contribution < 1.29 is 19.2 Å². The molecular formula is C26H34N4O5. The lowest BCUT2D eigenvalue weighted by molar-refractivity contribution is -0.385. The van der Waals surface area contributed by atoms with E-state index in [1.165, 1.54) is 24.4 Å². The van der Waals surface area contributed by atoms with Crippen LogP contribution in [0.25, 0.3) is 0 Å². The van der Waals surface area contributed by atoms with Crippen LogP contribution in [-0.4, -0.2) is 67.8 Å². The first-order valence-electron chi connectivity index (χ1n) is 12.2. The molecule has 0 spiro atoms. The van der Waals surface area contributed by atoms with Crippen molar-refractivity contribution in [2.75, 3.05) is 50.1 Å². The number of ether oxygens (including phenoxy) is 2. The van der Waals surface area contributed by atoms with Gasteiger partial charge in [0, 0.05) is 55.7 Å². The van der Waals surface area contributed by atoms with E-state index in [9.17, 15) is 14.9 Å². The minimum Gasteiger partial charge on any atom is -0.490 e. The number of nitro benzene ring substituents is 1. The van der Waals surface area contributed by atoms with Crippen LogP contribution in [0.5, 0.6) is 5.75 Å². The van der Waals surface area contributed by atoms with E-state index in [4.69, 9.17) is 9.47 Å². The predicted molar refractivity (Wildman–Crippen MR) is 135 cm³/mol. The van der Waals surface area contributed by atoms with E-state index in [1.807, 2.05) is 4.90 Å². The molecule has 1 saturated carbocycles. The second kappa shape index (κ2) is 11.4. The summed E-state index contributed by atoms with van der Waals surface area (Å²) in [7, 11) is 1.43. The Bertz CT molecular complexity index is 1010. The number of anilines is 2. The molecule has 4 rings (SSSR count). The van der Waals surface area contributed by atoms with Crippen LogP contribution in [0.15, 0.2) is 42.5 Å². The van der Waals surface area contributed by atoms with Crippen molar-refractivity contribution in [3.63, 3.8) is 0 Å². The van der Waals surface area contributed by atoms with E-state index in [0.717, 1.165) is 44.5 Å². The summed E-state index contributed by atoms with van der Waals surface area (Å²) >= 11 is 0. The molecule has 0 radical (unpaired) electrons. The number of hydrogen-bond acceptors (Lipinski definition) is 7. The fraction of sp³-hybridized carbons (Fsp3) is 0.500. The Labute approximate surface area is 206 Å². The van der Waals surface area contributed by atoms with Gasteiger partial charge in [0.05, 0.1) is 18.1 Å². The van der Waals surface area contributed by atoms with Gasteiger partial charge >= 0.3 is 5.69 Å². The molecule has 2 aromatic rings. The number of carbonyl (C=O) groups excluding carboxylic acids is 1. The van der Waals surface area contributed by atoms with Crippen LogP contribution in [0.4, 0.5) is 17.1 Å². The molecule has 9 nitrogen and oxygen atoms in total. The molecule has 1 amide bonds. The molecule has 0 atom stereocenters. The van der Waals surface area contributed by atoms with Crippen LogP contribution in [-0.2, 0) is 9.53 Å². The number of aryl methyl sites for hydroxylation is 1. The molecule has 1 aliphatic heterocycles. The van der Waals surface area contributed by atoms with E-state index in [-0.39, 0.29) is 36.1 Å². The second-order valence-electron chi connectivity index (χ2n) is 9.28. The Balaban J connectivity index is 1.17. The number of rotatable bonds is 8. The fourth-order valence-electron chi connectivity index (χ4n) is 4.78. The van der Waals surface area contributed by atoms with Gasteiger partial charge in [0.25, 0.3) is 0 Å². The zero-order valence-electron chi connectivity index (χ0n) is 20.4. The maximum atomic E-state index is 12.7. The maximum Gasteiger partial charge on any atom is 0.311 e. The summed E-state index contributed by atoms with van der Waals surface area (Å²) in [6, 6.07) is 13.6. The lowest BCUT2D eigenvalue weighted by atomic mass is 9.92. The van der Waals surface area contributed by atoms with Gasteiger partial charge in [-0.3, -0.25) is 14.9 Å². The number of carbonyl (C=O) groups is 1. The van der Waals surface area contributed by atoms with Crippen LogP contribution in [0, 0.1) is 17.0 Å². The Morgan fingerprint density at radius 2 is 1.74 bits per heavy atom. The molecule has 0 bridgehead atoms. The standard InChI is InChI=1S/C26H34N4O5/c1-19-3-8-22(9-4-19)28-13-15-29(16-14-28)26(31)18-35-23-10-5-20(6-11-23)27-21-7-12-24(30(32)33)25(17-21)34-2/h3-4,7-9,12,17,20,23,27H,5-6,10-11,13-16,18H2,1-2H3/t20-,23-.